The highest BCUT2D eigenvalue weighted by atomic mass is 15.3. The zero-order valence-corrected chi connectivity index (χ0v) is 7.83. The Morgan fingerprint density at radius 2 is 1.92 bits per heavy atom. The predicted octanol–water partition coefficient (Wildman–Crippen LogP) is 2.89. The van der Waals surface area contributed by atoms with Gasteiger partial charge in [-0.1, -0.05) is 18.2 Å². The van der Waals surface area contributed by atoms with Gasteiger partial charge in [0.15, 0.2) is 0 Å². The number of fused-ring (bicyclic) bond motifs is 1. The van der Waals surface area contributed by atoms with Gasteiger partial charge in [0.1, 0.15) is 0 Å². The Morgan fingerprint density at radius 1 is 1.15 bits per heavy atom. The first-order chi connectivity index (χ1) is 6.27. The fourth-order valence-electron chi connectivity index (χ4n) is 1.29. The first-order valence-electron chi connectivity index (χ1n) is 4.35. The third kappa shape index (κ3) is 1.47. The zero-order valence-electron chi connectivity index (χ0n) is 7.83. The molecule has 0 bridgehead atoms. The Morgan fingerprint density at radius 3 is 2.77 bits per heavy atom. The quantitative estimate of drug-likeness (QED) is 0.639. The van der Waals surface area contributed by atoms with Crippen LogP contribution in [0.15, 0.2) is 34.9 Å². The number of para-hydroxylation sites is 1. The minimum atomic E-state index is 1.04. The van der Waals surface area contributed by atoms with Crippen molar-refractivity contribution in [1.29, 1.82) is 0 Å². The molecule has 2 rings (SSSR count). The Hall–Kier alpha value is -1.57. The number of nitrogens with zero attached hydrogens (tertiary/aromatic N) is 1. The predicted molar refractivity (Wildman–Crippen MR) is 56.8 cm³/mol. The summed E-state index contributed by atoms with van der Waals surface area (Å²) in [5.74, 6) is 0. The summed E-state index contributed by atoms with van der Waals surface area (Å²) >= 11 is 0. The maximum absolute atomic E-state index is 4.24. The third-order valence-electron chi connectivity index (χ3n) is 2.25. The number of anilines is 1. The Balaban J connectivity index is 2.54. The van der Waals surface area contributed by atoms with Gasteiger partial charge in [0, 0.05) is 0 Å². The van der Waals surface area contributed by atoms with Gasteiger partial charge in [-0.3, -0.25) is 5.43 Å². The van der Waals surface area contributed by atoms with Crippen LogP contribution in [0.5, 0.6) is 0 Å². The van der Waals surface area contributed by atoms with Crippen molar-refractivity contribution in [3.05, 3.63) is 35.4 Å². The van der Waals surface area contributed by atoms with E-state index in [4.69, 9.17) is 0 Å². The molecule has 66 valence electrons. The first-order valence-corrected chi connectivity index (χ1v) is 4.35. The van der Waals surface area contributed by atoms with E-state index in [-0.39, 0.29) is 0 Å². The molecule has 0 radical (unpaired) electrons. The molecule has 1 N–H and O–H groups in total. The van der Waals surface area contributed by atoms with Gasteiger partial charge >= 0.3 is 0 Å². The van der Waals surface area contributed by atoms with Crippen LogP contribution >= 0.6 is 0 Å². The molecule has 2 heteroatoms. The van der Waals surface area contributed by atoms with Crippen molar-refractivity contribution in [2.75, 3.05) is 5.43 Å². The van der Waals surface area contributed by atoms with Crippen molar-refractivity contribution in [3.8, 4) is 0 Å². The van der Waals surface area contributed by atoms with Crippen molar-refractivity contribution in [3.63, 3.8) is 0 Å². The molecule has 0 fully saturated rings. The Kier molecular flexibility index (Phi) is 1.89. The molecule has 0 spiro atoms. The summed E-state index contributed by atoms with van der Waals surface area (Å²) in [5.41, 5.74) is 7.55. The van der Waals surface area contributed by atoms with Gasteiger partial charge in [-0.25, -0.2) is 0 Å². The molecule has 0 unspecified atom stereocenters. The minimum Gasteiger partial charge on any atom is -0.278 e. The molecule has 1 aliphatic rings. The number of hydrogen-bond acceptors (Lipinski definition) is 2. The fourth-order valence-corrected chi connectivity index (χ4v) is 1.29. The van der Waals surface area contributed by atoms with E-state index in [0.29, 0.717) is 0 Å². The lowest BCUT2D eigenvalue weighted by Crippen LogP contribution is -1.95. The lowest BCUT2D eigenvalue weighted by Gasteiger charge is -2.01. The lowest BCUT2D eigenvalue weighted by atomic mass is 10.1. The second kappa shape index (κ2) is 3.05. The van der Waals surface area contributed by atoms with Crippen molar-refractivity contribution < 1.29 is 0 Å². The largest absolute Gasteiger partial charge is 0.278 e. The summed E-state index contributed by atoms with van der Waals surface area (Å²) in [6, 6.07) is 8.15. The Labute approximate surface area is 78.0 Å². The van der Waals surface area contributed by atoms with Crippen LogP contribution in [0.25, 0.3) is 6.08 Å². The van der Waals surface area contributed by atoms with Gasteiger partial charge in [-0.2, -0.15) is 5.10 Å². The SMILES string of the molecule is CC1=Cc2ccccc2NN=C1C. The van der Waals surface area contributed by atoms with E-state index in [1.54, 1.807) is 0 Å². The van der Waals surface area contributed by atoms with E-state index in [0.717, 1.165) is 11.4 Å². The molecule has 0 aromatic heterocycles. The van der Waals surface area contributed by atoms with E-state index in [9.17, 15) is 0 Å². The van der Waals surface area contributed by atoms with Crippen LogP contribution in [0.3, 0.4) is 0 Å². The number of allylic oxidation sites excluding steroid dienone is 1. The average Bonchev–Trinajstić information content (AvgIpc) is 2.28. The number of rotatable bonds is 0. The molecule has 0 atom stereocenters. The van der Waals surface area contributed by atoms with Gasteiger partial charge in [0.2, 0.25) is 0 Å². The number of hydrazone groups is 1. The van der Waals surface area contributed by atoms with Crippen molar-refractivity contribution in [2.24, 2.45) is 5.10 Å². The van der Waals surface area contributed by atoms with Gasteiger partial charge in [0.05, 0.1) is 11.4 Å². The molecule has 1 aliphatic heterocycles. The second-order valence-electron chi connectivity index (χ2n) is 3.22. The Bertz CT molecular complexity index is 389. The molecule has 0 saturated carbocycles. The number of benzene rings is 1. The smallest absolute Gasteiger partial charge is 0.0634 e. The lowest BCUT2D eigenvalue weighted by molar-refractivity contribution is 1.32. The topological polar surface area (TPSA) is 24.4 Å². The molecule has 0 aliphatic carbocycles. The molecule has 13 heavy (non-hydrogen) atoms. The van der Waals surface area contributed by atoms with Crippen LogP contribution in [0.4, 0.5) is 5.69 Å². The van der Waals surface area contributed by atoms with Crippen molar-refractivity contribution in [2.45, 2.75) is 13.8 Å². The van der Waals surface area contributed by atoms with Gasteiger partial charge < -0.3 is 0 Å². The third-order valence-corrected chi connectivity index (χ3v) is 2.25. The van der Waals surface area contributed by atoms with E-state index in [1.807, 2.05) is 25.1 Å². The van der Waals surface area contributed by atoms with Crippen LogP contribution in [-0.4, -0.2) is 5.71 Å². The molecular formula is C11H12N2. The highest BCUT2D eigenvalue weighted by molar-refractivity contribution is 6.03. The summed E-state index contributed by atoms with van der Waals surface area (Å²) in [6.45, 7) is 4.08. The average molecular weight is 172 g/mol. The van der Waals surface area contributed by atoms with E-state index in [1.165, 1.54) is 11.1 Å². The highest BCUT2D eigenvalue weighted by Gasteiger charge is 2.04. The summed E-state index contributed by atoms with van der Waals surface area (Å²) in [5, 5.41) is 4.24. The van der Waals surface area contributed by atoms with E-state index >= 15 is 0 Å². The standard InChI is InChI=1S/C11H12N2/c1-8-7-10-5-3-4-6-11(10)13-12-9(8)2/h3-7,13H,1-2H3. The van der Waals surface area contributed by atoms with Crippen LogP contribution in [0.2, 0.25) is 0 Å². The van der Waals surface area contributed by atoms with Crippen molar-refractivity contribution >= 4 is 17.5 Å². The summed E-state index contributed by atoms with van der Waals surface area (Å²) in [7, 11) is 0. The molecule has 0 saturated heterocycles. The monoisotopic (exact) mass is 172 g/mol. The maximum atomic E-state index is 4.24. The van der Waals surface area contributed by atoms with Crippen LogP contribution in [0, 0.1) is 0 Å². The summed E-state index contributed by atoms with van der Waals surface area (Å²) in [4.78, 5) is 0. The van der Waals surface area contributed by atoms with Crippen LogP contribution in [0.1, 0.15) is 19.4 Å². The fraction of sp³-hybridized carbons (Fsp3) is 0.182. The van der Waals surface area contributed by atoms with Gasteiger partial charge in [-0.15, -0.1) is 0 Å². The highest BCUT2D eigenvalue weighted by Crippen LogP contribution is 2.21. The molecule has 2 nitrogen and oxygen atoms in total. The van der Waals surface area contributed by atoms with Crippen molar-refractivity contribution in [1.82, 2.24) is 0 Å². The van der Waals surface area contributed by atoms with Gasteiger partial charge in [-0.05, 0) is 37.1 Å². The second-order valence-corrected chi connectivity index (χ2v) is 3.22. The minimum absolute atomic E-state index is 1.04. The summed E-state index contributed by atoms with van der Waals surface area (Å²) < 4.78 is 0. The molecule has 1 aromatic carbocycles. The van der Waals surface area contributed by atoms with E-state index in [2.05, 4.69) is 29.6 Å². The number of nitrogens with one attached hydrogen (secondary N) is 1. The normalized spacial score (nSPS) is 14.9. The molecule has 1 aromatic rings. The first kappa shape index (κ1) is 8.05. The molecule has 1 heterocycles. The maximum Gasteiger partial charge on any atom is 0.0634 e. The molecule has 0 amide bonds. The number of hydrogen-bond donors (Lipinski definition) is 1. The van der Waals surface area contributed by atoms with Gasteiger partial charge in [0.25, 0.3) is 0 Å². The zero-order chi connectivity index (χ0) is 9.26. The van der Waals surface area contributed by atoms with Crippen LogP contribution in [-0.2, 0) is 0 Å². The summed E-state index contributed by atoms with van der Waals surface area (Å²) in [6.07, 6.45) is 2.15. The van der Waals surface area contributed by atoms with Crippen LogP contribution < -0.4 is 5.43 Å². The molecular weight excluding hydrogens is 160 g/mol. The van der Waals surface area contributed by atoms with E-state index < -0.39 is 0 Å².